The molecule has 0 saturated carbocycles. The molecule has 2 heterocycles. The van der Waals surface area contributed by atoms with E-state index in [1.807, 2.05) is 18.7 Å². The molecule has 1 saturated heterocycles. The van der Waals surface area contributed by atoms with Gasteiger partial charge in [0.15, 0.2) is 0 Å². The van der Waals surface area contributed by atoms with Crippen LogP contribution in [0.5, 0.6) is 5.75 Å². The van der Waals surface area contributed by atoms with E-state index >= 15 is 0 Å². The first kappa shape index (κ1) is 23.6. The number of rotatable bonds is 9. The van der Waals surface area contributed by atoms with Crippen LogP contribution in [0.4, 0.5) is 4.79 Å². The fourth-order valence-electron chi connectivity index (χ4n) is 4.43. The van der Waals surface area contributed by atoms with Gasteiger partial charge in [0.05, 0.1) is 12.7 Å². The van der Waals surface area contributed by atoms with Crippen LogP contribution in [-0.2, 0) is 4.74 Å². The number of nitrogens with zero attached hydrogens (tertiary/aromatic N) is 2. The highest BCUT2D eigenvalue weighted by molar-refractivity contribution is 5.68. The summed E-state index contributed by atoms with van der Waals surface area (Å²) in [5.74, 6) is 1.68. The molecule has 0 N–H and O–H groups in total. The van der Waals surface area contributed by atoms with Gasteiger partial charge >= 0.3 is 6.09 Å². The van der Waals surface area contributed by atoms with E-state index in [4.69, 9.17) is 9.47 Å². The van der Waals surface area contributed by atoms with Gasteiger partial charge in [-0.25, -0.2) is 4.79 Å². The zero-order valence-electron chi connectivity index (χ0n) is 19.6. The molecule has 3 rings (SSSR count). The van der Waals surface area contributed by atoms with Crippen LogP contribution in [0.15, 0.2) is 30.3 Å². The van der Waals surface area contributed by atoms with Crippen LogP contribution in [0.2, 0.25) is 0 Å². The lowest BCUT2D eigenvalue weighted by atomic mass is 9.92. The number of hydrogen-bond acceptors (Lipinski definition) is 4. The summed E-state index contributed by atoms with van der Waals surface area (Å²) in [5.41, 5.74) is 2.78. The molecule has 2 aliphatic rings. The van der Waals surface area contributed by atoms with Crippen LogP contribution < -0.4 is 4.74 Å². The van der Waals surface area contributed by atoms with E-state index in [0.29, 0.717) is 0 Å². The molecule has 0 bridgehead atoms. The minimum absolute atomic E-state index is 0.0440. The Bertz CT molecular complexity index is 706. The number of unbranched alkanes of at least 4 members (excludes halogenated alkanes) is 1. The lowest BCUT2D eigenvalue weighted by Gasteiger charge is -2.31. The van der Waals surface area contributed by atoms with Crippen molar-refractivity contribution in [3.63, 3.8) is 0 Å². The predicted octanol–water partition coefficient (Wildman–Crippen LogP) is 5.60. The summed E-state index contributed by atoms with van der Waals surface area (Å²) >= 11 is 0. The zero-order chi connectivity index (χ0) is 22.1. The van der Waals surface area contributed by atoms with Crippen LogP contribution in [0.3, 0.4) is 0 Å². The summed E-state index contributed by atoms with van der Waals surface area (Å²) in [6, 6.07) is 8.60. The van der Waals surface area contributed by atoms with Gasteiger partial charge in [-0.05, 0) is 81.7 Å². The average molecular weight is 429 g/mol. The molecule has 0 aliphatic carbocycles. The smallest absolute Gasteiger partial charge is 0.410 e. The first-order valence-electron chi connectivity index (χ1n) is 12.1. The predicted molar refractivity (Wildman–Crippen MR) is 126 cm³/mol. The zero-order valence-corrected chi connectivity index (χ0v) is 19.6. The van der Waals surface area contributed by atoms with Crippen LogP contribution in [-0.4, -0.2) is 61.3 Å². The quantitative estimate of drug-likeness (QED) is 0.480. The number of hydrogen-bond donors (Lipinski definition) is 0. The highest BCUT2D eigenvalue weighted by Gasteiger charge is 2.23. The second-order valence-electron chi connectivity index (χ2n) is 9.10. The highest BCUT2D eigenvalue weighted by Crippen LogP contribution is 2.25. The third kappa shape index (κ3) is 7.57. The van der Waals surface area contributed by atoms with Crippen LogP contribution in [0.1, 0.15) is 64.9 Å². The van der Waals surface area contributed by atoms with E-state index < -0.39 is 0 Å². The topological polar surface area (TPSA) is 42.0 Å². The molecular weight excluding hydrogens is 388 g/mol. The first-order chi connectivity index (χ1) is 15.0. The van der Waals surface area contributed by atoms with E-state index in [9.17, 15) is 4.79 Å². The van der Waals surface area contributed by atoms with Crippen molar-refractivity contribution in [2.75, 3.05) is 39.3 Å². The maximum absolute atomic E-state index is 12.0. The van der Waals surface area contributed by atoms with E-state index in [2.05, 4.69) is 42.2 Å². The van der Waals surface area contributed by atoms with Gasteiger partial charge in [-0.1, -0.05) is 31.6 Å². The third-order valence-corrected chi connectivity index (χ3v) is 6.45. The monoisotopic (exact) mass is 428 g/mol. The van der Waals surface area contributed by atoms with Gasteiger partial charge in [-0.15, -0.1) is 0 Å². The molecular formula is C26H40N2O3. The molecule has 1 aromatic carbocycles. The third-order valence-electron chi connectivity index (χ3n) is 6.45. The molecule has 5 nitrogen and oxygen atoms in total. The molecule has 2 aliphatic heterocycles. The Kier molecular flexibility index (Phi) is 9.26. The van der Waals surface area contributed by atoms with Crippen LogP contribution in [0, 0.1) is 5.92 Å². The number of amides is 1. The SMILES string of the molecule is CCN1CC=C(c2ccc(OCCCCC3CCN(C(=O)OC(C)C)CC3)cc2)CC1. The van der Waals surface area contributed by atoms with Crippen molar-refractivity contribution in [1.29, 1.82) is 0 Å². The summed E-state index contributed by atoms with van der Waals surface area (Å²) in [6.07, 6.45) is 8.94. The Balaban J connectivity index is 1.29. The Labute approximate surface area is 188 Å². The molecule has 5 heteroatoms. The highest BCUT2D eigenvalue weighted by atomic mass is 16.6. The minimum Gasteiger partial charge on any atom is -0.494 e. The molecule has 0 atom stereocenters. The molecule has 31 heavy (non-hydrogen) atoms. The molecule has 0 spiro atoms. The van der Waals surface area contributed by atoms with Crippen LogP contribution >= 0.6 is 0 Å². The maximum atomic E-state index is 12.0. The largest absolute Gasteiger partial charge is 0.494 e. The number of piperidine rings is 1. The van der Waals surface area contributed by atoms with Gasteiger partial charge in [0.25, 0.3) is 0 Å². The van der Waals surface area contributed by atoms with Gasteiger partial charge < -0.3 is 14.4 Å². The Morgan fingerprint density at radius 2 is 1.84 bits per heavy atom. The summed E-state index contributed by atoms with van der Waals surface area (Å²) in [4.78, 5) is 16.3. The van der Waals surface area contributed by atoms with E-state index in [-0.39, 0.29) is 12.2 Å². The molecule has 172 valence electrons. The summed E-state index contributed by atoms with van der Waals surface area (Å²) in [6.45, 7) is 11.8. The number of ether oxygens (including phenoxy) is 2. The van der Waals surface area contributed by atoms with E-state index in [0.717, 1.165) is 76.7 Å². The lowest BCUT2D eigenvalue weighted by Crippen LogP contribution is -2.39. The molecule has 1 fully saturated rings. The molecule has 1 aromatic rings. The van der Waals surface area contributed by atoms with Crippen molar-refractivity contribution in [2.24, 2.45) is 5.92 Å². The molecule has 0 radical (unpaired) electrons. The number of likely N-dealkylation sites (tertiary alicyclic amines) is 1. The molecule has 0 unspecified atom stereocenters. The second-order valence-corrected chi connectivity index (χ2v) is 9.10. The number of benzene rings is 1. The molecule has 1 amide bonds. The minimum atomic E-state index is -0.157. The average Bonchev–Trinajstić information content (AvgIpc) is 2.79. The van der Waals surface area contributed by atoms with Gasteiger partial charge in [-0.3, -0.25) is 4.90 Å². The van der Waals surface area contributed by atoms with Gasteiger partial charge in [0, 0.05) is 26.2 Å². The van der Waals surface area contributed by atoms with Gasteiger partial charge in [0.1, 0.15) is 5.75 Å². The molecule has 0 aromatic heterocycles. The fraction of sp³-hybridized carbons (Fsp3) is 0.654. The van der Waals surface area contributed by atoms with E-state index in [1.165, 1.54) is 24.0 Å². The number of carbonyl (C=O) groups excluding carboxylic acids is 1. The van der Waals surface area contributed by atoms with Crippen molar-refractivity contribution in [3.8, 4) is 5.75 Å². The summed E-state index contributed by atoms with van der Waals surface area (Å²) in [7, 11) is 0. The first-order valence-corrected chi connectivity index (χ1v) is 12.1. The normalized spacial score (nSPS) is 18.2. The second kappa shape index (κ2) is 12.1. The summed E-state index contributed by atoms with van der Waals surface area (Å²) in [5, 5.41) is 0. The fourth-order valence-corrected chi connectivity index (χ4v) is 4.43. The van der Waals surface area contributed by atoms with Crippen molar-refractivity contribution in [2.45, 2.75) is 65.4 Å². The number of carbonyl (C=O) groups is 1. The Morgan fingerprint density at radius 3 is 2.45 bits per heavy atom. The summed E-state index contributed by atoms with van der Waals surface area (Å²) < 4.78 is 11.3. The Morgan fingerprint density at radius 1 is 1.10 bits per heavy atom. The maximum Gasteiger partial charge on any atom is 0.410 e. The Hall–Kier alpha value is -2.01. The van der Waals surface area contributed by atoms with Crippen molar-refractivity contribution < 1.29 is 14.3 Å². The van der Waals surface area contributed by atoms with Crippen molar-refractivity contribution in [3.05, 3.63) is 35.9 Å². The van der Waals surface area contributed by atoms with Gasteiger partial charge in [0.2, 0.25) is 0 Å². The standard InChI is InChI=1S/C26H40N2O3/c1-4-27-16-14-24(15-17-27)23-8-10-25(11-9-23)30-20-6-5-7-22-12-18-28(19-13-22)26(29)31-21(2)3/h8-11,14,21-22H,4-7,12-13,15-20H2,1-3H3. The van der Waals surface area contributed by atoms with Crippen molar-refractivity contribution in [1.82, 2.24) is 9.80 Å². The lowest BCUT2D eigenvalue weighted by molar-refractivity contribution is 0.0645. The number of likely N-dealkylation sites (N-methyl/N-ethyl adjacent to an activating group) is 1. The van der Waals surface area contributed by atoms with Crippen LogP contribution in [0.25, 0.3) is 5.57 Å². The van der Waals surface area contributed by atoms with E-state index in [1.54, 1.807) is 0 Å². The van der Waals surface area contributed by atoms with Crippen molar-refractivity contribution >= 4 is 11.7 Å². The van der Waals surface area contributed by atoms with Gasteiger partial charge in [-0.2, -0.15) is 0 Å².